The van der Waals surface area contributed by atoms with Crippen molar-refractivity contribution in [1.82, 2.24) is 9.80 Å². The van der Waals surface area contributed by atoms with E-state index in [1.807, 2.05) is 30.3 Å². The lowest BCUT2D eigenvalue weighted by molar-refractivity contribution is -0.144. The molecule has 0 radical (unpaired) electrons. The minimum absolute atomic E-state index is 0.0943. The van der Waals surface area contributed by atoms with E-state index in [2.05, 4.69) is 11.8 Å². The van der Waals surface area contributed by atoms with Crippen LogP contribution in [-0.2, 0) is 16.1 Å². The minimum Gasteiger partial charge on any atom is -0.481 e. The smallest absolute Gasteiger partial charge is 0.410 e. The van der Waals surface area contributed by atoms with E-state index >= 15 is 0 Å². The van der Waals surface area contributed by atoms with E-state index in [0.29, 0.717) is 18.9 Å². The molecular formula is C20H28N2O4. The maximum absolute atomic E-state index is 12.5. The first kappa shape index (κ1) is 18.7. The first-order valence-corrected chi connectivity index (χ1v) is 9.45. The summed E-state index contributed by atoms with van der Waals surface area (Å²) >= 11 is 0. The van der Waals surface area contributed by atoms with Crippen LogP contribution in [0.2, 0.25) is 0 Å². The van der Waals surface area contributed by atoms with Crippen molar-refractivity contribution in [2.24, 2.45) is 11.8 Å². The molecule has 6 nitrogen and oxygen atoms in total. The summed E-state index contributed by atoms with van der Waals surface area (Å²) in [4.78, 5) is 28.1. The molecule has 2 fully saturated rings. The van der Waals surface area contributed by atoms with Gasteiger partial charge in [0.1, 0.15) is 6.61 Å². The van der Waals surface area contributed by atoms with Crippen LogP contribution in [0.3, 0.4) is 0 Å². The number of carboxylic acids is 1. The Morgan fingerprint density at radius 3 is 2.65 bits per heavy atom. The van der Waals surface area contributed by atoms with Crippen LogP contribution in [0.25, 0.3) is 0 Å². The molecule has 2 aliphatic heterocycles. The number of carbonyl (C=O) groups excluding carboxylic acids is 1. The Hall–Kier alpha value is -2.08. The molecule has 3 rings (SSSR count). The van der Waals surface area contributed by atoms with Crippen molar-refractivity contribution in [2.75, 3.05) is 26.2 Å². The van der Waals surface area contributed by atoms with E-state index in [4.69, 9.17) is 4.74 Å². The average Bonchev–Trinajstić information content (AvgIpc) is 2.66. The number of piperidine rings is 2. The maximum Gasteiger partial charge on any atom is 0.410 e. The third-order valence-corrected chi connectivity index (χ3v) is 5.45. The highest BCUT2D eigenvalue weighted by atomic mass is 16.6. The summed E-state index contributed by atoms with van der Waals surface area (Å²) in [5.74, 6) is -0.747. The number of ether oxygens (including phenoxy) is 1. The Bertz CT molecular complexity index is 621. The number of carboxylic acid groups (broad SMARTS) is 1. The summed E-state index contributed by atoms with van der Waals surface area (Å²) in [5, 5.41) is 9.52. The second-order valence-corrected chi connectivity index (χ2v) is 7.61. The molecule has 2 heterocycles. The number of carbonyl (C=O) groups is 2. The van der Waals surface area contributed by atoms with Gasteiger partial charge in [-0.05, 0) is 37.3 Å². The lowest BCUT2D eigenvalue weighted by atomic mass is 9.90. The minimum atomic E-state index is -0.833. The third-order valence-electron chi connectivity index (χ3n) is 5.45. The van der Waals surface area contributed by atoms with E-state index in [-0.39, 0.29) is 19.2 Å². The van der Waals surface area contributed by atoms with Crippen molar-refractivity contribution in [3.8, 4) is 0 Å². The number of benzene rings is 1. The Morgan fingerprint density at radius 2 is 1.96 bits per heavy atom. The highest BCUT2D eigenvalue weighted by Crippen LogP contribution is 2.26. The van der Waals surface area contributed by atoms with Gasteiger partial charge in [0.05, 0.1) is 5.92 Å². The van der Waals surface area contributed by atoms with Crippen molar-refractivity contribution in [2.45, 2.75) is 38.8 Å². The van der Waals surface area contributed by atoms with Crippen LogP contribution >= 0.6 is 0 Å². The number of amides is 1. The van der Waals surface area contributed by atoms with E-state index in [0.717, 1.165) is 25.1 Å². The molecule has 0 aliphatic carbocycles. The van der Waals surface area contributed by atoms with Crippen LogP contribution in [0.15, 0.2) is 30.3 Å². The van der Waals surface area contributed by atoms with Gasteiger partial charge in [-0.15, -0.1) is 0 Å². The fraction of sp³-hybridized carbons (Fsp3) is 0.600. The molecule has 3 atom stereocenters. The second kappa shape index (κ2) is 8.54. The summed E-state index contributed by atoms with van der Waals surface area (Å²) in [5.41, 5.74) is 0.925. The highest BCUT2D eigenvalue weighted by Gasteiger charge is 2.37. The Labute approximate surface area is 154 Å². The third kappa shape index (κ3) is 4.75. The molecule has 0 aromatic heterocycles. The fourth-order valence-electron chi connectivity index (χ4n) is 4.03. The number of rotatable bonds is 4. The summed E-state index contributed by atoms with van der Waals surface area (Å²) in [6.45, 7) is 5.17. The van der Waals surface area contributed by atoms with Crippen LogP contribution in [0.5, 0.6) is 0 Å². The first-order valence-electron chi connectivity index (χ1n) is 9.45. The van der Waals surface area contributed by atoms with Gasteiger partial charge in [-0.1, -0.05) is 37.3 Å². The second-order valence-electron chi connectivity index (χ2n) is 7.61. The van der Waals surface area contributed by atoms with Gasteiger partial charge >= 0.3 is 12.1 Å². The van der Waals surface area contributed by atoms with Gasteiger partial charge in [0.15, 0.2) is 0 Å². The molecule has 2 aliphatic rings. The van der Waals surface area contributed by atoms with Crippen molar-refractivity contribution < 1.29 is 19.4 Å². The summed E-state index contributed by atoms with van der Waals surface area (Å²) in [6, 6.07) is 9.62. The molecule has 0 spiro atoms. The largest absolute Gasteiger partial charge is 0.481 e. The molecule has 1 N–H and O–H groups in total. The van der Waals surface area contributed by atoms with E-state index in [9.17, 15) is 14.7 Å². The van der Waals surface area contributed by atoms with Gasteiger partial charge in [0, 0.05) is 25.7 Å². The monoisotopic (exact) mass is 360 g/mol. The van der Waals surface area contributed by atoms with Gasteiger partial charge in [-0.3, -0.25) is 9.69 Å². The van der Waals surface area contributed by atoms with Crippen molar-refractivity contribution in [3.05, 3.63) is 35.9 Å². The van der Waals surface area contributed by atoms with Gasteiger partial charge in [-0.25, -0.2) is 4.79 Å². The molecule has 26 heavy (non-hydrogen) atoms. The average molecular weight is 360 g/mol. The summed E-state index contributed by atoms with van der Waals surface area (Å²) < 4.78 is 5.43. The van der Waals surface area contributed by atoms with Crippen LogP contribution in [0, 0.1) is 11.8 Å². The van der Waals surface area contributed by atoms with Gasteiger partial charge < -0.3 is 14.7 Å². The molecule has 0 unspecified atom stereocenters. The highest BCUT2D eigenvalue weighted by molar-refractivity contribution is 5.73. The van der Waals surface area contributed by atoms with Crippen LogP contribution in [-0.4, -0.2) is 59.2 Å². The Kier molecular flexibility index (Phi) is 6.14. The topological polar surface area (TPSA) is 70.1 Å². The van der Waals surface area contributed by atoms with E-state index in [1.165, 1.54) is 6.42 Å². The predicted molar refractivity (Wildman–Crippen MR) is 97.7 cm³/mol. The standard InChI is InChI=1S/C20H28N2O4/c1-15-6-5-9-21(11-15)18-10-17(19(23)24)12-22(13-18)20(25)26-14-16-7-3-2-4-8-16/h2-4,7-8,15,17-18H,5-6,9-14H2,1H3,(H,23,24)/t15-,17+,18-/m1/s1. The zero-order chi connectivity index (χ0) is 18.5. The zero-order valence-corrected chi connectivity index (χ0v) is 15.3. The van der Waals surface area contributed by atoms with Crippen molar-refractivity contribution in [3.63, 3.8) is 0 Å². The zero-order valence-electron chi connectivity index (χ0n) is 15.3. The van der Waals surface area contributed by atoms with Crippen LogP contribution in [0.4, 0.5) is 4.79 Å². The molecular weight excluding hydrogens is 332 g/mol. The van der Waals surface area contributed by atoms with Crippen LogP contribution in [0.1, 0.15) is 31.7 Å². The Balaban J connectivity index is 1.63. The van der Waals surface area contributed by atoms with Crippen molar-refractivity contribution in [1.29, 1.82) is 0 Å². The number of aliphatic carboxylic acids is 1. The molecule has 1 aromatic rings. The summed E-state index contributed by atoms with van der Waals surface area (Å²) in [6.07, 6.45) is 2.53. The molecule has 1 aromatic carbocycles. The predicted octanol–water partition coefficient (Wildman–Crippen LogP) is 2.83. The SMILES string of the molecule is C[C@@H]1CCCN([C@@H]2C[C@H](C(=O)O)CN(C(=O)OCc3ccccc3)C2)C1. The lowest BCUT2D eigenvalue weighted by Gasteiger charge is -2.43. The molecule has 6 heteroatoms. The van der Waals surface area contributed by atoms with E-state index < -0.39 is 18.0 Å². The van der Waals surface area contributed by atoms with Gasteiger partial charge in [0.2, 0.25) is 0 Å². The molecule has 1 amide bonds. The van der Waals surface area contributed by atoms with Crippen LogP contribution < -0.4 is 0 Å². The molecule has 0 saturated carbocycles. The fourth-order valence-corrected chi connectivity index (χ4v) is 4.03. The summed E-state index contributed by atoms with van der Waals surface area (Å²) in [7, 11) is 0. The normalized spacial score (nSPS) is 27.1. The quantitative estimate of drug-likeness (QED) is 0.894. The number of hydrogen-bond acceptors (Lipinski definition) is 4. The van der Waals surface area contributed by atoms with E-state index in [1.54, 1.807) is 4.90 Å². The first-order chi connectivity index (χ1) is 12.5. The molecule has 0 bridgehead atoms. The number of nitrogens with zero attached hydrogens (tertiary/aromatic N) is 2. The maximum atomic E-state index is 12.5. The van der Waals surface area contributed by atoms with Gasteiger partial charge in [0.25, 0.3) is 0 Å². The lowest BCUT2D eigenvalue weighted by Crippen LogP contribution is -2.55. The molecule has 142 valence electrons. The number of likely N-dealkylation sites (tertiary alicyclic amines) is 2. The Morgan fingerprint density at radius 1 is 1.19 bits per heavy atom. The molecule has 2 saturated heterocycles. The number of hydrogen-bond donors (Lipinski definition) is 1. The van der Waals surface area contributed by atoms with Crippen molar-refractivity contribution >= 4 is 12.1 Å². The van der Waals surface area contributed by atoms with Gasteiger partial charge in [-0.2, -0.15) is 0 Å².